The lowest BCUT2D eigenvalue weighted by Crippen LogP contribution is -2.44. The fraction of sp³-hybridized carbons (Fsp3) is 0.345. The smallest absolute Gasteiger partial charge is 0.252 e. The molecular weight excluding hydrogens is 438 g/mol. The van der Waals surface area contributed by atoms with Crippen LogP contribution < -0.4 is 10.2 Å². The second kappa shape index (κ2) is 11.0. The van der Waals surface area contributed by atoms with E-state index in [0.717, 1.165) is 54.1 Å². The fourth-order valence-corrected chi connectivity index (χ4v) is 4.49. The van der Waals surface area contributed by atoms with Crippen molar-refractivity contribution in [2.24, 2.45) is 0 Å². The van der Waals surface area contributed by atoms with Crippen LogP contribution in [0.1, 0.15) is 46.1 Å². The average molecular weight is 474 g/mol. The van der Waals surface area contributed by atoms with Crippen molar-refractivity contribution in [3.63, 3.8) is 0 Å². The summed E-state index contributed by atoms with van der Waals surface area (Å²) in [6.45, 7) is 7.60. The van der Waals surface area contributed by atoms with Gasteiger partial charge in [0.1, 0.15) is 6.10 Å². The molecule has 1 amide bonds. The van der Waals surface area contributed by atoms with E-state index in [-0.39, 0.29) is 18.6 Å². The summed E-state index contributed by atoms with van der Waals surface area (Å²) >= 11 is 0. The molecule has 0 spiro atoms. The van der Waals surface area contributed by atoms with E-state index in [1.54, 1.807) is 6.07 Å². The predicted molar refractivity (Wildman–Crippen MR) is 141 cm³/mol. The molecule has 1 fully saturated rings. The number of hydrogen-bond donors (Lipinski definition) is 3. The van der Waals surface area contributed by atoms with Gasteiger partial charge in [0, 0.05) is 37.4 Å². The van der Waals surface area contributed by atoms with Crippen molar-refractivity contribution in [3.05, 3.63) is 89.0 Å². The van der Waals surface area contributed by atoms with Crippen LogP contribution in [-0.4, -0.2) is 60.9 Å². The maximum atomic E-state index is 13.3. The predicted octanol–water partition coefficient (Wildman–Crippen LogP) is 3.93. The molecule has 0 saturated carbocycles. The molecule has 6 heteroatoms. The number of benzene rings is 3. The molecule has 3 N–H and O–H groups in total. The van der Waals surface area contributed by atoms with Crippen molar-refractivity contribution in [1.29, 1.82) is 0 Å². The lowest BCUT2D eigenvalue weighted by atomic mass is 9.97. The van der Waals surface area contributed by atoms with Crippen LogP contribution in [0.3, 0.4) is 0 Å². The van der Waals surface area contributed by atoms with Crippen molar-refractivity contribution >= 4 is 11.6 Å². The molecule has 1 aliphatic heterocycles. The number of likely N-dealkylation sites (N-methyl/N-ethyl adjacent to an activating group) is 1. The minimum absolute atomic E-state index is 0.0792. The van der Waals surface area contributed by atoms with Crippen molar-refractivity contribution in [2.75, 3.05) is 44.7 Å². The first-order valence-electron chi connectivity index (χ1n) is 12.2. The Labute approximate surface area is 207 Å². The van der Waals surface area contributed by atoms with Crippen LogP contribution in [0.5, 0.6) is 0 Å². The Morgan fingerprint density at radius 2 is 1.57 bits per heavy atom. The van der Waals surface area contributed by atoms with Gasteiger partial charge in [-0.3, -0.25) is 4.79 Å². The molecule has 184 valence electrons. The monoisotopic (exact) mass is 473 g/mol. The van der Waals surface area contributed by atoms with Crippen molar-refractivity contribution in [2.45, 2.75) is 26.0 Å². The van der Waals surface area contributed by atoms with Gasteiger partial charge >= 0.3 is 0 Å². The number of aliphatic hydroxyl groups excluding tert-OH is 2. The third-order valence-electron chi connectivity index (χ3n) is 6.85. The number of rotatable bonds is 7. The summed E-state index contributed by atoms with van der Waals surface area (Å²) < 4.78 is 0. The van der Waals surface area contributed by atoms with Gasteiger partial charge < -0.3 is 25.3 Å². The number of hydrogen-bond acceptors (Lipinski definition) is 5. The maximum Gasteiger partial charge on any atom is 0.252 e. The zero-order valence-electron chi connectivity index (χ0n) is 20.7. The minimum Gasteiger partial charge on any atom is -0.393 e. The van der Waals surface area contributed by atoms with E-state index in [1.807, 2.05) is 62.4 Å². The molecule has 35 heavy (non-hydrogen) atoms. The van der Waals surface area contributed by atoms with Gasteiger partial charge in [-0.1, -0.05) is 42.5 Å². The van der Waals surface area contributed by atoms with Crippen LogP contribution >= 0.6 is 0 Å². The summed E-state index contributed by atoms with van der Waals surface area (Å²) in [5, 5.41) is 22.4. The molecule has 0 bridgehead atoms. The fourth-order valence-electron chi connectivity index (χ4n) is 4.49. The molecule has 1 saturated heterocycles. The lowest BCUT2D eigenvalue weighted by Gasteiger charge is -2.34. The number of aliphatic hydroxyl groups is 2. The molecule has 6 nitrogen and oxygen atoms in total. The Bertz CT molecular complexity index is 1170. The van der Waals surface area contributed by atoms with Gasteiger partial charge in [0.25, 0.3) is 5.91 Å². The van der Waals surface area contributed by atoms with Crippen LogP contribution in [0.15, 0.2) is 66.7 Å². The van der Waals surface area contributed by atoms with E-state index in [9.17, 15) is 15.0 Å². The third-order valence-corrected chi connectivity index (χ3v) is 6.85. The maximum absolute atomic E-state index is 13.3. The van der Waals surface area contributed by atoms with Crippen molar-refractivity contribution in [3.8, 4) is 11.1 Å². The van der Waals surface area contributed by atoms with Crippen molar-refractivity contribution < 1.29 is 15.0 Å². The van der Waals surface area contributed by atoms with Crippen LogP contribution in [0.4, 0.5) is 5.69 Å². The normalized spacial score (nSPS) is 16.1. The van der Waals surface area contributed by atoms with Gasteiger partial charge in [0.2, 0.25) is 0 Å². The molecule has 1 aliphatic rings. The van der Waals surface area contributed by atoms with Gasteiger partial charge in [0.05, 0.1) is 12.6 Å². The number of nitrogens with one attached hydrogen (secondary N) is 1. The summed E-state index contributed by atoms with van der Waals surface area (Å²) in [5.41, 5.74) is 6.36. The van der Waals surface area contributed by atoms with Gasteiger partial charge in [-0.05, 0) is 73.0 Å². The number of anilines is 1. The van der Waals surface area contributed by atoms with E-state index in [4.69, 9.17) is 0 Å². The lowest BCUT2D eigenvalue weighted by molar-refractivity contribution is 0.0939. The highest BCUT2D eigenvalue weighted by atomic mass is 16.3. The number of piperazine rings is 1. The van der Waals surface area contributed by atoms with Gasteiger partial charge in [0.15, 0.2) is 0 Å². The Kier molecular flexibility index (Phi) is 7.86. The largest absolute Gasteiger partial charge is 0.393 e. The van der Waals surface area contributed by atoms with Gasteiger partial charge in [-0.25, -0.2) is 0 Å². The topological polar surface area (TPSA) is 76.0 Å². The zero-order valence-corrected chi connectivity index (χ0v) is 20.7. The summed E-state index contributed by atoms with van der Waals surface area (Å²) in [6.07, 6.45) is -0.902. The average Bonchev–Trinajstić information content (AvgIpc) is 2.89. The van der Waals surface area contributed by atoms with Gasteiger partial charge in [-0.15, -0.1) is 0 Å². The van der Waals surface area contributed by atoms with E-state index in [0.29, 0.717) is 11.1 Å². The van der Waals surface area contributed by atoms with Crippen LogP contribution in [0, 0.1) is 6.92 Å². The van der Waals surface area contributed by atoms with Crippen LogP contribution in [0.25, 0.3) is 11.1 Å². The van der Waals surface area contributed by atoms with E-state index < -0.39 is 6.10 Å². The number of aryl methyl sites for hydroxylation is 1. The number of nitrogens with zero attached hydrogens (tertiary/aromatic N) is 2. The Hall–Kier alpha value is -3.19. The summed E-state index contributed by atoms with van der Waals surface area (Å²) in [6, 6.07) is 21.5. The molecule has 2 atom stereocenters. The van der Waals surface area contributed by atoms with E-state index in [2.05, 4.69) is 34.3 Å². The van der Waals surface area contributed by atoms with Gasteiger partial charge in [-0.2, -0.15) is 0 Å². The molecule has 4 rings (SSSR count). The molecule has 3 aromatic rings. The molecule has 1 heterocycles. The number of carbonyl (C=O) groups is 1. The number of carbonyl (C=O) groups excluding carboxylic acids is 1. The second-order valence-electron chi connectivity index (χ2n) is 9.43. The van der Waals surface area contributed by atoms with E-state index in [1.165, 1.54) is 0 Å². The molecule has 0 aliphatic carbocycles. The highest BCUT2D eigenvalue weighted by molar-refractivity contribution is 5.97. The molecule has 0 radical (unpaired) electrons. The first-order chi connectivity index (χ1) is 16.9. The van der Waals surface area contributed by atoms with Crippen molar-refractivity contribution in [1.82, 2.24) is 10.2 Å². The van der Waals surface area contributed by atoms with Crippen LogP contribution in [0.2, 0.25) is 0 Å². The SMILES string of the molecule is Cc1ccc(N2CCN(C)CC2)cc1C(=O)N[C@H](C)c1cccc(-c2cccc(C(O)CO)c2)c1. The quantitative estimate of drug-likeness (QED) is 0.485. The third kappa shape index (κ3) is 5.90. The summed E-state index contributed by atoms with van der Waals surface area (Å²) in [5.74, 6) is -0.0792. The Morgan fingerprint density at radius 1 is 0.943 bits per heavy atom. The zero-order chi connectivity index (χ0) is 24.9. The highest BCUT2D eigenvalue weighted by Crippen LogP contribution is 2.27. The molecular formula is C29H35N3O3. The number of amides is 1. The van der Waals surface area contributed by atoms with Crippen LogP contribution in [-0.2, 0) is 0 Å². The Balaban J connectivity index is 1.50. The Morgan fingerprint density at radius 3 is 2.23 bits per heavy atom. The minimum atomic E-state index is -0.902. The molecule has 1 unspecified atom stereocenters. The van der Waals surface area contributed by atoms with E-state index >= 15 is 0 Å². The second-order valence-corrected chi connectivity index (χ2v) is 9.43. The highest BCUT2D eigenvalue weighted by Gasteiger charge is 2.19. The molecule has 0 aromatic heterocycles. The first-order valence-corrected chi connectivity index (χ1v) is 12.2. The standard InChI is InChI=1S/C29H35N3O3/c1-20-10-11-26(32-14-12-31(3)13-15-32)18-27(20)29(35)30-21(2)22-6-4-7-23(16-22)24-8-5-9-25(17-24)28(34)19-33/h4-11,16-18,21,28,33-34H,12-15,19H2,1-3H3,(H,30,35)/t21-,28?/m1/s1. The summed E-state index contributed by atoms with van der Waals surface area (Å²) in [7, 11) is 2.14. The molecule has 3 aromatic carbocycles. The first kappa shape index (κ1) is 24.9. The summed E-state index contributed by atoms with van der Waals surface area (Å²) in [4.78, 5) is 17.9.